The highest BCUT2D eigenvalue weighted by atomic mass is 19.2. The van der Waals surface area contributed by atoms with Crippen molar-refractivity contribution < 1.29 is 22.4 Å². The summed E-state index contributed by atoms with van der Waals surface area (Å²) in [7, 11) is 0. The van der Waals surface area contributed by atoms with Crippen molar-refractivity contribution >= 4 is 11.6 Å². The molecule has 2 bridgehead atoms. The van der Waals surface area contributed by atoms with E-state index >= 15 is 0 Å². The molecule has 1 aromatic rings. The number of hydrogen-bond donors (Lipinski definition) is 1. The number of halogens is 4. The van der Waals surface area contributed by atoms with E-state index in [1.54, 1.807) is 0 Å². The van der Waals surface area contributed by atoms with Crippen LogP contribution in [0.15, 0.2) is 5.11 Å². The fourth-order valence-corrected chi connectivity index (χ4v) is 5.61. The summed E-state index contributed by atoms with van der Waals surface area (Å²) in [5.74, 6) is -4.56. The molecule has 33 heavy (non-hydrogen) atoms. The number of fused-ring (bicyclic) bond motifs is 2. The zero-order valence-electron chi connectivity index (χ0n) is 18.8. The summed E-state index contributed by atoms with van der Waals surface area (Å²) >= 11 is 0. The van der Waals surface area contributed by atoms with E-state index in [1.807, 2.05) is 0 Å². The smallest absolute Gasteiger partial charge is 0.257 e. The Morgan fingerprint density at radius 2 is 1.88 bits per heavy atom. The summed E-state index contributed by atoms with van der Waals surface area (Å²) in [6.07, 6.45) is 8.27. The lowest BCUT2D eigenvalue weighted by atomic mass is 9.44. The molecule has 3 fully saturated rings. The largest absolute Gasteiger partial charge is 0.352 e. The zero-order valence-corrected chi connectivity index (χ0v) is 18.8. The van der Waals surface area contributed by atoms with Crippen LogP contribution in [0, 0.1) is 58.8 Å². The van der Waals surface area contributed by atoms with E-state index in [-0.39, 0.29) is 6.54 Å². The third kappa shape index (κ3) is 4.40. The second-order valence-electron chi connectivity index (χ2n) is 9.48. The quantitative estimate of drug-likeness (QED) is 0.107. The van der Waals surface area contributed by atoms with Gasteiger partial charge < -0.3 is 5.32 Å². The van der Waals surface area contributed by atoms with E-state index in [9.17, 15) is 22.4 Å². The maximum atomic E-state index is 14.1. The van der Waals surface area contributed by atoms with Crippen LogP contribution in [0.4, 0.5) is 23.2 Å². The highest BCUT2D eigenvalue weighted by Crippen LogP contribution is 2.61. The number of terminal acetylenes is 1. The van der Waals surface area contributed by atoms with Gasteiger partial charge in [-0.25, -0.2) is 17.6 Å². The highest BCUT2D eigenvalue weighted by Gasteiger charge is 2.56. The van der Waals surface area contributed by atoms with Crippen molar-refractivity contribution in [3.05, 3.63) is 39.3 Å². The minimum atomic E-state index is -1.93. The second kappa shape index (κ2) is 9.62. The SMILES string of the molecule is C#CCN(CCCNC(=O)c1c(F)c(F)c(N=[N+]=[N-])c(F)c1F)[C@@H]1C[C@@H]2C[C@H]([C@H]1C)C2(C)C. The van der Waals surface area contributed by atoms with Gasteiger partial charge in [-0.1, -0.05) is 31.8 Å². The fraction of sp³-hybridized carbons (Fsp3) is 0.609. The van der Waals surface area contributed by atoms with Gasteiger partial charge in [-0.3, -0.25) is 9.69 Å². The van der Waals surface area contributed by atoms with Crippen LogP contribution in [0.2, 0.25) is 0 Å². The number of nitrogens with zero attached hydrogens (tertiary/aromatic N) is 4. The summed E-state index contributed by atoms with van der Waals surface area (Å²) < 4.78 is 56.1. The minimum Gasteiger partial charge on any atom is -0.352 e. The Balaban J connectivity index is 1.62. The molecule has 10 heteroatoms. The van der Waals surface area contributed by atoms with Crippen molar-refractivity contribution in [2.24, 2.45) is 28.3 Å². The molecule has 0 radical (unpaired) electrons. The maximum Gasteiger partial charge on any atom is 0.257 e. The van der Waals surface area contributed by atoms with E-state index in [0.717, 1.165) is 6.42 Å². The van der Waals surface area contributed by atoms with E-state index in [2.05, 4.69) is 46.9 Å². The lowest BCUT2D eigenvalue weighted by molar-refractivity contribution is -0.137. The Hall–Kier alpha value is -2.76. The van der Waals surface area contributed by atoms with Crippen LogP contribution in [0.5, 0.6) is 0 Å². The topological polar surface area (TPSA) is 81.1 Å². The number of benzene rings is 1. The van der Waals surface area contributed by atoms with Crippen molar-refractivity contribution in [3.8, 4) is 12.3 Å². The molecule has 178 valence electrons. The molecular weight excluding hydrogens is 438 g/mol. The van der Waals surface area contributed by atoms with Gasteiger partial charge >= 0.3 is 0 Å². The molecule has 6 nitrogen and oxygen atoms in total. The van der Waals surface area contributed by atoms with Crippen LogP contribution in [0.3, 0.4) is 0 Å². The summed E-state index contributed by atoms with van der Waals surface area (Å²) in [6, 6.07) is 0.319. The first-order valence-electron chi connectivity index (χ1n) is 10.9. The normalized spacial score (nSPS) is 25.1. The fourth-order valence-electron chi connectivity index (χ4n) is 5.61. The maximum absolute atomic E-state index is 14.1. The average Bonchev–Trinajstić information content (AvgIpc) is 2.77. The summed E-state index contributed by atoms with van der Waals surface area (Å²) in [6.45, 7) is 7.89. The number of nitrogens with one attached hydrogen (secondary N) is 1. The van der Waals surface area contributed by atoms with Crippen LogP contribution < -0.4 is 5.32 Å². The number of rotatable bonds is 8. The Labute approximate surface area is 190 Å². The Morgan fingerprint density at radius 1 is 1.24 bits per heavy atom. The first-order valence-corrected chi connectivity index (χ1v) is 10.9. The number of azide groups is 1. The predicted octanol–water partition coefficient (Wildman–Crippen LogP) is 5.31. The summed E-state index contributed by atoms with van der Waals surface area (Å²) in [4.78, 5) is 16.6. The zero-order chi connectivity index (χ0) is 24.5. The monoisotopic (exact) mass is 465 g/mol. The molecule has 1 aromatic carbocycles. The summed E-state index contributed by atoms with van der Waals surface area (Å²) in [5.41, 5.74) is 5.77. The van der Waals surface area contributed by atoms with Crippen LogP contribution in [-0.2, 0) is 0 Å². The number of hydrogen-bond acceptors (Lipinski definition) is 3. The van der Waals surface area contributed by atoms with Crippen molar-refractivity contribution in [1.29, 1.82) is 0 Å². The molecule has 4 rings (SSSR count). The van der Waals surface area contributed by atoms with Gasteiger partial charge in [0.05, 0.1) is 6.54 Å². The van der Waals surface area contributed by atoms with Crippen LogP contribution in [-0.4, -0.2) is 36.5 Å². The first kappa shape index (κ1) is 24.9. The molecule has 1 N–H and O–H groups in total. The van der Waals surface area contributed by atoms with Gasteiger partial charge in [0, 0.05) is 24.0 Å². The third-order valence-electron chi connectivity index (χ3n) is 7.60. The van der Waals surface area contributed by atoms with Gasteiger partial charge in [0.25, 0.3) is 5.91 Å². The molecule has 3 aliphatic rings. The molecule has 0 heterocycles. The number of carbonyl (C=O) groups excluding carboxylic acids is 1. The third-order valence-corrected chi connectivity index (χ3v) is 7.60. The number of carbonyl (C=O) groups is 1. The minimum absolute atomic E-state index is 0.0274. The van der Waals surface area contributed by atoms with Crippen LogP contribution in [0.1, 0.15) is 50.4 Å². The van der Waals surface area contributed by atoms with E-state index in [1.165, 1.54) is 6.42 Å². The van der Waals surface area contributed by atoms with Gasteiger partial charge in [0.1, 0.15) is 11.3 Å². The molecular formula is C23H27F4N5O. The van der Waals surface area contributed by atoms with E-state index in [0.29, 0.717) is 48.7 Å². The van der Waals surface area contributed by atoms with E-state index < -0.39 is 40.4 Å². The van der Waals surface area contributed by atoms with Crippen molar-refractivity contribution in [1.82, 2.24) is 10.2 Å². The van der Waals surface area contributed by atoms with E-state index in [4.69, 9.17) is 12.0 Å². The Kier molecular flexibility index (Phi) is 7.25. The molecule has 3 saturated carbocycles. The Bertz CT molecular complexity index is 1000. The second-order valence-corrected chi connectivity index (χ2v) is 9.48. The molecule has 0 aliphatic heterocycles. The summed E-state index contributed by atoms with van der Waals surface area (Å²) in [5, 5.41) is 4.90. The van der Waals surface area contributed by atoms with Crippen molar-refractivity contribution in [3.63, 3.8) is 0 Å². The standard InChI is InChI=1S/C23H27F4N5O/c1-5-8-32(15-11-13-10-14(12(15)2)23(13,3)4)9-6-7-29-22(33)16-17(24)19(26)21(30-31-28)20(27)18(16)25/h1,12-15H,6-11H2,2-4H3,(H,29,33)/t12-,13+,14-,15-/m1/s1. The van der Waals surface area contributed by atoms with Gasteiger partial charge in [-0.05, 0) is 48.0 Å². The van der Waals surface area contributed by atoms with Crippen LogP contribution in [0.25, 0.3) is 10.4 Å². The lowest BCUT2D eigenvalue weighted by Gasteiger charge is -2.63. The molecule has 0 unspecified atom stereocenters. The molecule has 4 atom stereocenters. The van der Waals surface area contributed by atoms with Gasteiger partial charge in [-0.15, -0.1) is 6.42 Å². The first-order chi connectivity index (χ1) is 15.6. The number of amides is 1. The average molecular weight is 465 g/mol. The van der Waals surface area contributed by atoms with Crippen molar-refractivity contribution in [2.45, 2.75) is 46.1 Å². The molecule has 0 saturated heterocycles. The molecule has 3 aliphatic carbocycles. The molecule has 0 spiro atoms. The molecule has 0 aromatic heterocycles. The predicted molar refractivity (Wildman–Crippen MR) is 115 cm³/mol. The Morgan fingerprint density at radius 3 is 2.39 bits per heavy atom. The van der Waals surface area contributed by atoms with Crippen molar-refractivity contribution in [2.75, 3.05) is 19.6 Å². The van der Waals surface area contributed by atoms with Crippen LogP contribution >= 0.6 is 0 Å². The van der Waals surface area contributed by atoms with Gasteiger partial charge in [0.2, 0.25) is 0 Å². The van der Waals surface area contributed by atoms with Gasteiger partial charge in [0.15, 0.2) is 23.3 Å². The molecule has 1 amide bonds. The van der Waals surface area contributed by atoms with Gasteiger partial charge in [-0.2, -0.15) is 0 Å². The highest BCUT2D eigenvalue weighted by molar-refractivity contribution is 5.95. The lowest BCUT2D eigenvalue weighted by Crippen LogP contribution is -2.60.